The first-order chi connectivity index (χ1) is 16.9. The molecule has 0 heterocycles. The van der Waals surface area contributed by atoms with Gasteiger partial charge in [0, 0.05) is 23.7 Å². The number of alkyl halides is 6. The van der Waals surface area contributed by atoms with Gasteiger partial charge in [-0.25, -0.2) is 0 Å². The van der Waals surface area contributed by atoms with Crippen molar-refractivity contribution in [3.8, 4) is 0 Å². The number of carbonyl (C=O) groups excluding carboxylic acids is 2. The fourth-order valence-corrected chi connectivity index (χ4v) is 4.97. The summed E-state index contributed by atoms with van der Waals surface area (Å²) in [4.78, 5) is 25.8. The lowest BCUT2D eigenvalue weighted by molar-refractivity contribution is -0.139. The number of fused-ring (bicyclic) bond motifs is 1. The van der Waals surface area contributed by atoms with Crippen molar-refractivity contribution in [2.24, 2.45) is 0 Å². The molecule has 0 aliphatic heterocycles. The lowest BCUT2D eigenvalue weighted by Gasteiger charge is -2.21. The molecule has 2 aromatic carbocycles. The zero-order valence-corrected chi connectivity index (χ0v) is 19.4. The minimum atomic E-state index is -4.81. The lowest BCUT2D eigenvalue weighted by Crippen LogP contribution is -2.25. The summed E-state index contributed by atoms with van der Waals surface area (Å²) >= 11 is 0. The quantitative estimate of drug-likeness (QED) is 0.261. The maximum Gasteiger partial charge on any atom is 0.417 e. The van der Waals surface area contributed by atoms with Crippen LogP contribution in [0.4, 0.5) is 32.0 Å². The molecule has 0 unspecified atom stereocenters. The Morgan fingerprint density at radius 1 is 0.889 bits per heavy atom. The van der Waals surface area contributed by atoms with E-state index in [1.807, 2.05) is 0 Å². The van der Waals surface area contributed by atoms with Crippen LogP contribution < -0.4 is 5.32 Å². The molecule has 1 saturated carbocycles. The fraction of sp³-hybridized carbons (Fsp3) is 0.407. The van der Waals surface area contributed by atoms with Gasteiger partial charge in [0.25, 0.3) is 0 Å². The van der Waals surface area contributed by atoms with Crippen molar-refractivity contribution in [2.75, 3.05) is 5.32 Å². The molecule has 3 nitrogen and oxygen atoms in total. The number of allylic oxidation sites excluding steroid dienone is 2. The molecule has 192 valence electrons. The van der Waals surface area contributed by atoms with Gasteiger partial charge in [0.15, 0.2) is 11.6 Å². The Morgan fingerprint density at radius 3 is 2.19 bits per heavy atom. The second kappa shape index (κ2) is 10.1. The van der Waals surface area contributed by atoms with E-state index in [1.165, 1.54) is 30.3 Å². The predicted octanol–water partition coefficient (Wildman–Crippen LogP) is 7.34. The van der Waals surface area contributed by atoms with Crippen molar-refractivity contribution < 1.29 is 35.9 Å². The Kier molecular flexibility index (Phi) is 7.29. The van der Waals surface area contributed by atoms with Crippen LogP contribution in [0.15, 0.2) is 48.0 Å². The van der Waals surface area contributed by atoms with Gasteiger partial charge in [-0.3, -0.25) is 9.59 Å². The van der Waals surface area contributed by atoms with Gasteiger partial charge in [-0.05, 0) is 48.6 Å². The summed E-state index contributed by atoms with van der Waals surface area (Å²) in [7, 11) is 0. The van der Waals surface area contributed by atoms with Crippen LogP contribution in [-0.2, 0) is 30.0 Å². The third-order valence-corrected chi connectivity index (χ3v) is 6.75. The number of hydrogen-bond acceptors (Lipinski definition) is 3. The van der Waals surface area contributed by atoms with E-state index in [0.29, 0.717) is 5.69 Å². The average molecular weight is 509 g/mol. The number of ketones is 2. The molecule has 0 amide bonds. The number of halogens is 6. The van der Waals surface area contributed by atoms with Gasteiger partial charge in [0.1, 0.15) is 0 Å². The highest BCUT2D eigenvalue weighted by Gasteiger charge is 2.39. The minimum Gasteiger partial charge on any atom is -0.382 e. The average Bonchev–Trinajstić information content (AvgIpc) is 3.07. The monoisotopic (exact) mass is 509 g/mol. The smallest absolute Gasteiger partial charge is 0.382 e. The SMILES string of the molecule is O=C(Cc1ccc(NC2CCCCCC2)cc1C(F)(F)F)C1=CCc2cccc(C(F)(F)F)c2C1=O. The molecule has 0 bridgehead atoms. The number of anilines is 1. The first-order valence-corrected chi connectivity index (χ1v) is 11.9. The Labute approximate surface area is 204 Å². The third-order valence-electron chi connectivity index (χ3n) is 6.75. The van der Waals surface area contributed by atoms with Crippen LogP contribution in [0.3, 0.4) is 0 Å². The Balaban J connectivity index is 1.58. The molecule has 2 aromatic rings. The van der Waals surface area contributed by atoms with Crippen molar-refractivity contribution in [1.29, 1.82) is 0 Å². The summed E-state index contributed by atoms with van der Waals surface area (Å²) in [6.07, 6.45) is -3.30. The molecular formula is C27H25F6NO2. The van der Waals surface area contributed by atoms with Gasteiger partial charge < -0.3 is 5.32 Å². The number of benzene rings is 2. The molecule has 4 rings (SSSR count). The van der Waals surface area contributed by atoms with Crippen molar-refractivity contribution in [3.63, 3.8) is 0 Å². The molecule has 1 N–H and O–H groups in total. The zero-order valence-electron chi connectivity index (χ0n) is 19.4. The summed E-state index contributed by atoms with van der Waals surface area (Å²) in [5.74, 6) is -2.06. The molecule has 0 saturated heterocycles. The molecular weight excluding hydrogens is 484 g/mol. The zero-order chi connectivity index (χ0) is 26.1. The molecule has 0 atom stereocenters. The summed E-state index contributed by atoms with van der Waals surface area (Å²) in [6, 6.07) is 6.99. The van der Waals surface area contributed by atoms with Gasteiger partial charge in [-0.15, -0.1) is 0 Å². The van der Waals surface area contributed by atoms with Crippen molar-refractivity contribution in [1.82, 2.24) is 0 Å². The standard InChI is InChI=1S/C27H25F6NO2/c28-26(29,30)21-9-5-6-16-11-13-20(25(36)24(16)21)23(35)14-17-10-12-19(15-22(17)27(31,32)33)34-18-7-3-1-2-4-8-18/h5-6,9-10,12-13,15,18,34H,1-4,7-8,11,14H2. The van der Waals surface area contributed by atoms with Crippen LogP contribution in [0, 0.1) is 0 Å². The van der Waals surface area contributed by atoms with E-state index >= 15 is 0 Å². The highest BCUT2D eigenvalue weighted by molar-refractivity contribution is 6.28. The van der Waals surface area contributed by atoms with Gasteiger partial charge >= 0.3 is 12.4 Å². The molecule has 2 aliphatic rings. The van der Waals surface area contributed by atoms with Crippen LogP contribution in [0.2, 0.25) is 0 Å². The maximum absolute atomic E-state index is 13.9. The Morgan fingerprint density at radius 2 is 1.56 bits per heavy atom. The number of nitrogens with one attached hydrogen (secondary N) is 1. The molecule has 0 radical (unpaired) electrons. The molecule has 36 heavy (non-hydrogen) atoms. The summed E-state index contributed by atoms with van der Waals surface area (Å²) in [6.45, 7) is 0. The van der Waals surface area contributed by atoms with Crippen LogP contribution in [-0.4, -0.2) is 17.6 Å². The van der Waals surface area contributed by atoms with Crippen molar-refractivity contribution >= 4 is 17.3 Å². The van der Waals surface area contributed by atoms with Crippen LogP contribution in [0.5, 0.6) is 0 Å². The molecule has 2 aliphatic carbocycles. The normalized spacial score (nSPS) is 17.3. The molecule has 0 spiro atoms. The Hall–Kier alpha value is -3.10. The van der Waals surface area contributed by atoms with Gasteiger partial charge in [0.2, 0.25) is 0 Å². The summed E-state index contributed by atoms with van der Waals surface area (Å²) < 4.78 is 82.0. The van der Waals surface area contributed by atoms with Crippen LogP contribution in [0.1, 0.15) is 71.1 Å². The first kappa shape index (κ1) is 26.0. The summed E-state index contributed by atoms with van der Waals surface area (Å²) in [5.41, 5.74) is -3.22. The van der Waals surface area contributed by atoms with Crippen molar-refractivity contribution in [3.05, 3.63) is 75.9 Å². The van der Waals surface area contributed by atoms with E-state index in [4.69, 9.17) is 0 Å². The van der Waals surface area contributed by atoms with Gasteiger partial charge in [0.05, 0.1) is 16.7 Å². The number of carbonyl (C=O) groups is 2. The van der Waals surface area contributed by atoms with E-state index in [1.54, 1.807) is 0 Å². The van der Waals surface area contributed by atoms with E-state index < -0.39 is 52.6 Å². The second-order valence-electron chi connectivity index (χ2n) is 9.29. The van der Waals surface area contributed by atoms with Gasteiger partial charge in [-0.2, -0.15) is 26.3 Å². The topological polar surface area (TPSA) is 46.2 Å². The Bertz CT molecular complexity index is 1190. The summed E-state index contributed by atoms with van der Waals surface area (Å²) in [5, 5.41) is 3.16. The number of Topliss-reactive ketones (excluding diaryl/α,β-unsaturated/α-hetero) is 2. The molecule has 1 fully saturated rings. The second-order valence-corrected chi connectivity index (χ2v) is 9.29. The van der Waals surface area contributed by atoms with E-state index in [0.717, 1.165) is 50.7 Å². The minimum absolute atomic E-state index is 0.0639. The van der Waals surface area contributed by atoms with Gasteiger partial charge in [-0.1, -0.05) is 50.0 Å². The fourth-order valence-electron chi connectivity index (χ4n) is 4.97. The maximum atomic E-state index is 13.9. The first-order valence-electron chi connectivity index (χ1n) is 11.9. The predicted molar refractivity (Wildman–Crippen MR) is 123 cm³/mol. The van der Waals surface area contributed by atoms with Crippen LogP contribution in [0.25, 0.3) is 0 Å². The number of rotatable bonds is 5. The third kappa shape index (κ3) is 5.65. The lowest BCUT2D eigenvalue weighted by atomic mass is 9.84. The van der Waals surface area contributed by atoms with Crippen molar-refractivity contribution in [2.45, 2.75) is 69.8 Å². The molecule has 0 aromatic heterocycles. The number of hydrogen-bond donors (Lipinski definition) is 1. The highest BCUT2D eigenvalue weighted by atomic mass is 19.4. The largest absolute Gasteiger partial charge is 0.417 e. The van der Waals surface area contributed by atoms with Crippen LogP contribution >= 0.6 is 0 Å². The van der Waals surface area contributed by atoms with E-state index in [2.05, 4.69) is 5.32 Å². The van der Waals surface area contributed by atoms with E-state index in [9.17, 15) is 35.9 Å². The van der Waals surface area contributed by atoms with E-state index in [-0.39, 0.29) is 23.6 Å². The highest BCUT2D eigenvalue weighted by Crippen LogP contribution is 2.38. The molecule has 9 heteroatoms.